The third-order valence-electron chi connectivity index (χ3n) is 4.51. The van der Waals surface area contributed by atoms with E-state index in [0.717, 1.165) is 17.5 Å². The van der Waals surface area contributed by atoms with Gasteiger partial charge >= 0.3 is 0 Å². The topological polar surface area (TPSA) is 92.1 Å². The minimum absolute atomic E-state index is 0.00527. The maximum absolute atomic E-state index is 12.6. The van der Waals surface area contributed by atoms with Crippen LogP contribution in [0.4, 0.5) is 0 Å². The third-order valence-corrected chi connectivity index (χ3v) is 4.51. The largest absolute Gasteiger partial charge is 0.365 e. The smallest absolute Gasteiger partial charge is 0.272 e. The van der Waals surface area contributed by atoms with E-state index >= 15 is 0 Å². The van der Waals surface area contributed by atoms with Crippen LogP contribution in [0, 0.1) is 0 Å². The second-order valence-electron chi connectivity index (χ2n) is 5.97. The average Bonchev–Trinajstić information content (AvgIpc) is 3.28. The summed E-state index contributed by atoms with van der Waals surface area (Å²) >= 11 is 0. The molecule has 1 aromatic carbocycles. The van der Waals surface area contributed by atoms with E-state index in [1.54, 1.807) is 18.4 Å². The monoisotopic (exact) mass is 324 g/mol. The second-order valence-corrected chi connectivity index (χ2v) is 5.97. The number of likely N-dealkylation sites (tertiary alicyclic amines) is 1. The normalized spacial score (nSPS) is 17.5. The van der Waals surface area contributed by atoms with Gasteiger partial charge in [0, 0.05) is 30.5 Å². The van der Waals surface area contributed by atoms with Crippen LogP contribution in [0.3, 0.4) is 0 Å². The van der Waals surface area contributed by atoms with E-state index < -0.39 is 0 Å². The Bertz CT molecular complexity index is 932. The van der Waals surface area contributed by atoms with Gasteiger partial charge in [-0.25, -0.2) is 5.10 Å². The van der Waals surface area contributed by atoms with Crippen molar-refractivity contribution in [3.05, 3.63) is 58.3 Å². The first-order valence-corrected chi connectivity index (χ1v) is 7.87. The number of fused-ring (bicyclic) bond motifs is 1. The van der Waals surface area contributed by atoms with E-state index in [-0.39, 0.29) is 23.8 Å². The van der Waals surface area contributed by atoms with E-state index in [0.29, 0.717) is 24.2 Å². The Kier molecular flexibility index (Phi) is 3.60. The highest BCUT2D eigenvalue weighted by Gasteiger charge is 2.29. The van der Waals surface area contributed by atoms with E-state index in [1.807, 2.05) is 23.1 Å². The predicted octanol–water partition coefficient (Wildman–Crippen LogP) is 1.47. The zero-order valence-corrected chi connectivity index (χ0v) is 12.9. The van der Waals surface area contributed by atoms with Gasteiger partial charge in [-0.2, -0.15) is 5.10 Å². The summed E-state index contributed by atoms with van der Waals surface area (Å²) in [5.74, 6) is 0.221. The number of carbonyl (C=O) groups is 1. The van der Waals surface area contributed by atoms with Crippen molar-refractivity contribution in [2.45, 2.75) is 18.8 Å². The number of amides is 1. The number of carbonyl (C=O) groups excluding carboxylic acids is 1. The minimum Gasteiger partial charge on any atom is -0.365 e. The molecule has 0 bridgehead atoms. The number of benzene rings is 1. The van der Waals surface area contributed by atoms with Gasteiger partial charge < -0.3 is 9.42 Å². The molecule has 1 N–H and O–H groups in total. The summed E-state index contributed by atoms with van der Waals surface area (Å²) in [6.45, 7) is 1.32. The van der Waals surface area contributed by atoms with Crippen molar-refractivity contribution in [2.75, 3.05) is 13.1 Å². The molecule has 24 heavy (non-hydrogen) atoms. The van der Waals surface area contributed by atoms with Gasteiger partial charge in [0.1, 0.15) is 6.26 Å². The molecule has 1 saturated heterocycles. The van der Waals surface area contributed by atoms with E-state index in [9.17, 15) is 9.59 Å². The first-order valence-electron chi connectivity index (χ1n) is 7.87. The van der Waals surface area contributed by atoms with Gasteiger partial charge in [0.05, 0.1) is 23.2 Å². The Labute approximate surface area is 137 Å². The van der Waals surface area contributed by atoms with Gasteiger partial charge in [-0.3, -0.25) is 9.59 Å². The molecule has 3 aromatic rings. The molecule has 0 spiro atoms. The van der Waals surface area contributed by atoms with Crippen LogP contribution in [0.5, 0.6) is 0 Å². The lowest BCUT2D eigenvalue weighted by Crippen LogP contribution is -2.30. The average molecular weight is 324 g/mol. The first-order chi connectivity index (χ1) is 11.7. The molecule has 1 aliphatic heterocycles. The Morgan fingerprint density at radius 3 is 2.92 bits per heavy atom. The fraction of sp³-hybridized carbons (Fsp3) is 0.294. The quantitative estimate of drug-likeness (QED) is 0.787. The van der Waals surface area contributed by atoms with Crippen LogP contribution in [0.25, 0.3) is 10.8 Å². The van der Waals surface area contributed by atoms with Gasteiger partial charge in [-0.1, -0.05) is 23.4 Å². The molecule has 1 fully saturated rings. The molecule has 1 atom stereocenters. The van der Waals surface area contributed by atoms with Crippen molar-refractivity contribution in [1.82, 2.24) is 20.3 Å². The molecular formula is C17H16N4O3. The number of hydrogen-bond donors (Lipinski definition) is 1. The summed E-state index contributed by atoms with van der Waals surface area (Å²) in [5, 5.41) is 11.8. The molecule has 1 amide bonds. The number of nitrogens with zero attached hydrogens (tertiary/aromatic N) is 3. The SMILES string of the molecule is O=C(Cc1n[nH]c(=O)c2ccccc12)N1CCC(c2ccon2)C1. The molecule has 0 aliphatic carbocycles. The van der Waals surface area contributed by atoms with Gasteiger partial charge in [-0.15, -0.1) is 0 Å². The molecular weight excluding hydrogens is 308 g/mol. The fourth-order valence-corrected chi connectivity index (χ4v) is 3.22. The molecule has 7 nitrogen and oxygen atoms in total. The molecule has 4 rings (SSSR count). The standard InChI is InChI=1S/C17H16N4O3/c22-16(21-7-5-11(10-21)14-6-8-24-20-14)9-15-12-3-1-2-4-13(12)17(23)19-18-15/h1-4,6,8,11H,5,7,9-10H2,(H,19,23). The maximum Gasteiger partial charge on any atom is 0.272 e. The van der Waals surface area contributed by atoms with Crippen LogP contribution in [0.15, 0.2) is 45.9 Å². The number of aromatic nitrogens is 3. The highest BCUT2D eigenvalue weighted by Crippen LogP contribution is 2.26. The minimum atomic E-state index is -0.242. The summed E-state index contributed by atoms with van der Waals surface area (Å²) < 4.78 is 4.88. The molecule has 1 unspecified atom stereocenters. The number of rotatable bonds is 3. The summed E-state index contributed by atoms with van der Waals surface area (Å²) in [7, 11) is 0. The lowest BCUT2D eigenvalue weighted by molar-refractivity contribution is -0.129. The number of H-pyrrole nitrogens is 1. The fourth-order valence-electron chi connectivity index (χ4n) is 3.22. The first kappa shape index (κ1) is 14.6. The Hall–Kier alpha value is -2.96. The molecule has 0 radical (unpaired) electrons. The van der Waals surface area contributed by atoms with Crippen LogP contribution >= 0.6 is 0 Å². The Morgan fingerprint density at radius 1 is 1.29 bits per heavy atom. The van der Waals surface area contributed by atoms with E-state index in [1.165, 1.54) is 0 Å². The van der Waals surface area contributed by atoms with Gasteiger partial charge in [0.25, 0.3) is 5.56 Å². The predicted molar refractivity (Wildman–Crippen MR) is 86.5 cm³/mol. The number of nitrogens with one attached hydrogen (secondary N) is 1. The van der Waals surface area contributed by atoms with Crippen molar-refractivity contribution in [3.8, 4) is 0 Å². The highest BCUT2D eigenvalue weighted by atomic mass is 16.5. The molecule has 122 valence electrons. The van der Waals surface area contributed by atoms with Crippen LogP contribution in [-0.4, -0.2) is 39.3 Å². The lowest BCUT2D eigenvalue weighted by Gasteiger charge is -2.16. The summed E-state index contributed by atoms with van der Waals surface area (Å²) in [6.07, 6.45) is 2.59. The van der Waals surface area contributed by atoms with Crippen molar-refractivity contribution < 1.29 is 9.32 Å². The second kappa shape index (κ2) is 5.92. The van der Waals surface area contributed by atoms with Crippen LogP contribution in [0.1, 0.15) is 23.7 Å². The third kappa shape index (κ3) is 2.58. The summed E-state index contributed by atoms with van der Waals surface area (Å²) in [6, 6.07) is 9.04. The zero-order chi connectivity index (χ0) is 16.5. The van der Waals surface area contributed by atoms with Crippen LogP contribution in [-0.2, 0) is 11.2 Å². The summed E-state index contributed by atoms with van der Waals surface area (Å²) in [5.41, 5.74) is 1.24. The molecule has 7 heteroatoms. The highest BCUT2D eigenvalue weighted by molar-refractivity contribution is 5.88. The Balaban J connectivity index is 1.53. The van der Waals surface area contributed by atoms with E-state index in [2.05, 4.69) is 15.4 Å². The van der Waals surface area contributed by atoms with Crippen molar-refractivity contribution in [1.29, 1.82) is 0 Å². The molecule has 2 aromatic heterocycles. The molecule has 1 aliphatic rings. The van der Waals surface area contributed by atoms with Crippen molar-refractivity contribution >= 4 is 16.7 Å². The summed E-state index contributed by atoms with van der Waals surface area (Å²) in [4.78, 5) is 26.2. The number of hydrogen-bond acceptors (Lipinski definition) is 5. The van der Waals surface area contributed by atoms with Crippen molar-refractivity contribution in [2.24, 2.45) is 0 Å². The van der Waals surface area contributed by atoms with Gasteiger partial charge in [-0.05, 0) is 12.5 Å². The number of aromatic amines is 1. The van der Waals surface area contributed by atoms with Crippen molar-refractivity contribution in [3.63, 3.8) is 0 Å². The van der Waals surface area contributed by atoms with Crippen LogP contribution < -0.4 is 5.56 Å². The van der Waals surface area contributed by atoms with E-state index in [4.69, 9.17) is 4.52 Å². The molecule has 0 saturated carbocycles. The Morgan fingerprint density at radius 2 is 2.12 bits per heavy atom. The maximum atomic E-state index is 12.6. The molecule has 3 heterocycles. The van der Waals surface area contributed by atoms with Gasteiger partial charge in [0.15, 0.2) is 0 Å². The zero-order valence-electron chi connectivity index (χ0n) is 12.9. The van der Waals surface area contributed by atoms with Gasteiger partial charge in [0.2, 0.25) is 5.91 Å². The lowest BCUT2D eigenvalue weighted by atomic mass is 10.1. The van der Waals surface area contributed by atoms with Crippen LogP contribution in [0.2, 0.25) is 0 Å².